The molecule has 0 saturated carbocycles. The lowest BCUT2D eigenvalue weighted by Crippen LogP contribution is -2.35. The Morgan fingerprint density at radius 3 is 2.57 bits per heavy atom. The van der Waals surface area contributed by atoms with Crippen LogP contribution in [-0.4, -0.2) is 30.5 Å². The molecule has 0 aliphatic rings. The number of pyridine rings is 1. The van der Waals surface area contributed by atoms with Crippen molar-refractivity contribution >= 4 is 23.8 Å². The number of benzene rings is 1. The van der Waals surface area contributed by atoms with Gasteiger partial charge in [0.1, 0.15) is 23.9 Å². The molecule has 2 N–H and O–H groups in total. The highest BCUT2D eigenvalue weighted by atomic mass is 35.5. The molecule has 3 heterocycles. The van der Waals surface area contributed by atoms with Crippen molar-refractivity contribution in [3.63, 3.8) is 0 Å². The van der Waals surface area contributed by atoms with E-state index in [2.05, 4.69) is 10.1 Å². The Hall–Kier alpha value is -3.30. The summed E-state index contributed by atoms with van der Waals surface area (Å²) in [5, 5.41) is 4.25. The van der Waals surface area contributed by atoms with Crippen LogP contribution in [0.25, 0.3) is 11.3 Å². The Bertz CT molecular complexity index is 1320. The lowest BCUT2D eigenvalue weighted by Gasteiger charge is -2.21. The van der Waals surface area contributed by atoms with Crippen LogP contribution in [0.1, 0.15) is 54.9 Å². The van der Waals surface area contributed by atoms with Gasteiger partial charge in [0, 0.05) is 36.6 Å². The van der Waals surface area contributed by atoms with Gasteiger partial charge >= 0.3 is 0 Å². The lowest BCUT2D eigenvalue weighted by molar-refractivity contribution is 0.0964. The number of Topliss-reactive ketones (excluding diaryl/α,β-unsaturated/α-hetero) is 1. The second-order valence-corrected chi connectivity index (χ2v) is 8.67. The monoisotopic (exact) mass is 503 g/mol. The van der Waals surface area contributed by atoms with Gasteiger partial charge in [0.15, 0.2) is 17.2 Å². The summed E-state index contributed by atoms with van der Waals surface area (Å²) in [6.45, 7) is 5.32. The maximum absolute atomic E-state index is 14.1. The number of fused-ring (bicyclic) bond motifs is 1. The van der Waals surface area contributed by atoms with Gasteiger partial charge in [-0.2, -0.15) is 5.10 Å². The van der Waals surface area contributed by atoms with Gasteiger partial charge in [-0.25, -0.2) is 18.4 Å². The van der Waals surface area contributed by atoms with Crippen LogP contribution in [0.2, 0.25) is 0 Å². The SMILES string of the molecule is CCC(C)(N)CCC(=O)c1c(C)nc2c(OCc3c(F)cccc3F)cc(-n3cccn3)cn12.Cl. The van der Waals surface area contributed by atoms with Gasteiger partial charge in [0.25, 0.3) is 0 Å². The summed E-state index contributed by atoms with van der Waals surface area (Å²) >= 11 is 0. The highest BCUT2D eigenvalue weighted by Gasteiger charge is 2.24. The molecule has 0 aliphatic carbocycles. The molecular formula is C25H28ClF2N5O2. The van der Waals surface area contributed by atoms with E-state index in [4.69, 9.17) is 10.5 Å². The molecule has 7 nitrogen and oxygen atoms in total. The molecule has 4 rings (SSSR count). The second kappa shape index (κ2) is 10.5. The van der Waals surface area contributed by atoms with Crippen molar-refractivity contribution in [2.75, 3.05) is 0 Å². The number of aromatic nitrogens is 4. The first-order valence-corrected chi connectivity index (χ1v) is 11.1. The van der Waals surface area contributed by atoms with Crippen LogP contribution in [0.4, 0.5) is 8.78 Å². The van der Waals surface area contributed by atoms with Gasteiger partial charge in [-0.15, -0.1) is 12.4 Å². The average molecular weight is 504 g/mol. The average Bonchev–Trinajstić information content (AvgIpc) is 3.45. The maximum atomic E-state index is 14.1. The van der Waals surface area contributed by atoms with Gasteiger partial charge < -0.3 is 10.5 Å². The fraction of sp³-hybridized carbons (Fsp3) is 0.320. The fourth-order valence-corrected chi connectivity index (χ4v) is 3.72. The molecule has 1 aromatic carbocycles. The zero-order chi connectivity index (χ0) is 24.5. The Morgan fingerprint density at radius 2 is 1.94 bits per heavy atom. The normalized spacial score (nSPS) is 12.9. The first kappa shape index (κ1) is 26.3. The minimum atomic E-state index is -0.699. The number of nitrogens with two attached hydrogens (primary N) is 1. The standard InChI is InChI=1S/C25H27F2N5O2.ClH/c1-4-25(3,28)10-9-21(33)23-16(2)30-24-22(34-15-18-19(26)7-5-8-20(18)27)13-17(14-31(23)24)32-12-6-11-29-32;/h5-8,11-14H,4,9-10,15,28H2,1-3H3;1H. The molecule has 0 aliphatic heterocycles. The van der Waals surface area contributed by atoms with Crippen molar-refractivity contribution in [2.24, 2.45) is 5.73 Å². The number of imidazole rings is 1. The number of aryl methyl sites for hydroxylation is 1. The van der Waals surface area contributed by atoms with E-state index in [0.717, 1.165) is 6.42 Å². The van der Waals surface area contributed by atoms with Crippen molar-refractivity contribution in [3.05, 3.63) is 77.5 Å². The third kappa shape index (κ3) is 5.52. The number of halogens is 3. The van der Waals surface area contributed by atoms with Crippen molar-refractivity contribution in [1.82, 2.24) is 19.2 Å². The molecule has 4 aromatic rings. The van der Waals surface area contributed by atoms with Gasteiger partial charge in [-0.1, -0.05) is 13.0 Å². The molecule has 1 atom stereocenters. The molecule has 0 fully saturated rings. The smallest absolute Gasteiger partial charge is 0.181 e. The largest absolute Gasteiger partial charge is 0.485 e. The summed E-state index contributed by atoms with van der Waals surface area (Å²) in [6, 6.07) is 7.09. The molecule has 0 radical (unpaired) electrons. The van der Waals surface area contributed by atoms with Crippen molar-refractivity contribution in [2.45, 2.75) is 52.2 Å². The third-order valence-corrected chi connectivity index (χ3v) is 6.04. The predicted octanol–water partition coefficient (Wildman–Crippen LogP) is 5.20. The van der Waals surface area contributed by atoms with Crippen LogP contribution >= 0.6 is 12.4 Å². The molecule has 0 saturated heterocycles. The number of hydrogen-bond acceptors (Lipinski definition) is 5. The van der Waals surface area contributed by atoms with E-state index >= 15 is 0 Å². The minimum absolute atomic E-state index is 0. The van der Waals surface area contributed by atoms with Crippen LogP contribution < -0.4 is 10.5 Å². The van der Waals surface area contributed by atoms with E-state index in [1.165, 1.54) is 18.2 Å². The predicted molar refractivity (Wildman–Crippen MR) is 131 cm³/mol. The van der Waals surface area contributed by atoms with E-state index in [9.17, 15) is 13.6 Å². The third-order valence-electron chi connectivity index (χ3n) is 6.04. The summed E-state index contributed by atoms with van der Waals surface area (Å²) < 4.78 is 37.4. The molecule has 0 bridgehead atoms. The number of hydrogen-bond donors (Lipinski definition) is 1. The molecular weight excluding hydrogens is 476 g/mol. The van der Waals surface area contributed by atoms with Crippen LogP contribution in [0.15, 0.2) is 48.9 Å². The summed E-state index contributed by atoms with van der Waals surface area (Å²) in [5.41, 5.74) is 7.52. The summed E-state index contributed by atoms with van der Waals surface area (Å²) in [4.78, 5) is 17.7. The van der Waals surface area contributed by atoms with Crippen LogP contribution in [0.3, 0.4) is 0 Å². The van der Waals surface area contributed by atoms with E-state index in [1.807, 2.05) is 13.8 Å². The van der Waals surface area contributed by atoms with Gasteiger partial charge in [0.05, 0.1) is 16.9 Å². The van der Waals surface area contributed by atoms with E-state index < -0.39 is 17.2 Å². The topological polar surface area (TPSA) is 87.4 Å². The summed E-state index contributed by atoms with van der Waals surface area (Å²) in [7, 11) is 0. The number of carbonyl (C=O) groups excluding carboxylic acids is 1. The highest BCUT2D eigenvalue weighted by molar-refractivity contribution is 5.96. The Labute approximate surface area is 208 Å². The molecule has 1 unspecified atom stereocenters. The van der Waals surface area contributed by atoms with Crippen molar-refractivity contribution in [3.8, 4) is 11.4 Å². The Morgan fingerprint density at radius 1 is 1.23 bits per heavy atom. The van der Waals surface area contributed by atoms with Crippen molar-refractivity contribution < 1.29 is 18.3 Å². The number of carbonyl (C=O) groups is 1. The summed E-state index contributed by atoms with van der Waals surface area (Å²) in [5.74, 6) is -1.22. The molecule has 3 aromatic heterocycles. The van der Waals surface area contributed by atoms with Crippen LogP contribution in [-0.2, 0) is 6.61 Å². The number of nitrogens with zero attached hydrogens (tertiary/aromatic N) is 4. The van der Waals surface area contributed by atoms with E-state index in [0.29, 0.717) is 29.1 Å². The van der Waals surface area contributed by atoms with E-state index in [1.54, 1.807) is 46.7 Å². The lowest BCUT2D eigenvalue weighted by atomic mass is 9.92. The highest BCUT2D eigenvalue weighted by Crippen LogP contribution is 2.28. The zero-order valence-electron chi connectivity index (χ0n) is 19.8. The number of ketones is 1. The number of ether oxygens (including phenoxy) is 1. The maximum Gasteiger partial charge on any atom is 0.181 e. The fourth-order valence-electron chi connectivity index (χ4n) is 3.72. The minimum Gasteiger partial charge on any atom is -0.485 e. The van der Waals surface area contributed by atoms with Crippen LogP contribution in [0, 0.1) is 18.6 Å². The van der Waals surface area contributed by atoms with Gasteiger partial charge in [-0.3, -0.25) is 9.20 Å². The summed E-state index contributed by atoms with van der Waals surface area (Å²) in [6.07, 6.45) is 6.65. The van der Waals surface area contributed by atoms with Gasteiger partial charge in [0.2, 0.25) is 0 Å². The molecule has 0 amide bonds. The number of rotatable bonds is 9. The van der Waals surface area contributed by atoms with Crippen molar-refractivity contribution in [1.29, 1.82) is 0 Å². The van der Waals surface area contributed by atoms with Crippen LogP contribution in [0.5, 0.6) is 5.75 Å². The first-order chi connectivity index (χ1) is 16.2. The zero-order valence-corrected chi connectivity index (χ0v) is 20.6. The van der Waals surface area contributed by atoms with E-state index in [-0.39, 0.29) is 42.5 Å². The Balaban J connectivity index is 0.00000342. The van der Waals surface area contributed by atoms with Gasteiger partial charge in [-0.05, 0) is 44.9 Å². The molecule has 0 spiro atoms. The second-order valence-electron chi connectivity index (χ2n) is 8.67. The first-order valence-electron chi connectivity index (χ1n) is 11.1. The molecule has 10 heteroatoms. The Kier molecular flexibility index (Phi) is 7.92. The quantitative estimate of drug-likeness (QED) is 0.317. The molecule has 186 valence electrons. The molecule has 35 heavy (non-hydrogen) atoms.